The standard InChI is InChI=1S/C17H18N2O3/c1-11-6-7-15(12(2)9-11)19-16(20)13(3)22-17(21)14-5-4-8-18-10-14/h4-10,13H,1-3H3,(H,19,20). The number of anilines is 1. The molecule has 1 aromatic carbocycles. The molecule has 0 spiro atoms. The zero-order valence-corrected chi connectivity index (χ0v) is 12.8. The van der Waals surface area contributed by atoms with Crippen LogP contribution in [0.5, 0.6) is 0 Å². The average molecular weight is 298 g/mol. The van der Waals surface area contributed by atoms with Gasteiger partial charge in [-0.05, 0) is 44.5 Å². The third-order valence-electron chi connectivity index (χ3n) is 3.19. The minimum atomic E-state index is -0.895. The average Bonchev–Trinajstić information content (AvgIpc) is 2.50. The monoisotopic (exact) mass is 298 g/mol. The van der Waals surface area contributed by atoms with Crippen molar-refractivity contribution in [3.8, 4) is 0 Å². The van der Waals surface area contributed by atoms with Gasteiger partial charge in [0.2, 0.25) is 0 Å². The fourth-order valence-corrected chi connectivity index (χ4v) is 1.95. The molecular weight excluding hydrogens is 280 g/mol. The van der Waals surface area contributed by atoms with E-state index in [4.69, 9.17) is 4.74 Å². The summed E-state index contributed by atoms with van der Waals surface area (Å²) in [6.45, 7) is 5.43. The number of aromatic nitrogens is 1. The number of rotatable bonds is 4. The summed E-state index contributed by atoms with van der Waals surface area (Å²) in [6, 6.07) is 8.94. The maximum Gasteiger partial charge on any atom is 0.340 e. The molecule has 1 unspecified atom stereocenters. The van der Waals surface area contributed by atoms with Gasteiger partial charge in [-0.1, -0.05) is 17.7 Å². The van der Waals surface area contributed by atoms with Crippen LogP contribution in [0, 0.1) is 13.8 Å². The van der Waals surface area contributed by atoms with E-state index in [1.807, 2.05) is 32.0 Å². The Balaban J connectivity index is 1.99. The Morgan fingerprint density at radius 3 is 2.64 bits per heavy atom. The normalized spacial score (nSPS) is 11.6. The summed E-state index contributed by atoms with van der Waals surface area (Å²) >= 11 is 0. The third kappa shape index (κ3) is 3.91. The quantitative estimate of drug-likeness (QED) is 0.881. The predicted molar refractivity (Wildman–Crippen MR) is 83.7 cm³/mol. The van der Waals surface area contributed by atoms with Crippen LogP contribution in [0.1, 0.15) is 28.4 Å². The van der Waals surface area contributed by atoms with Gasteiger partial charge in [-0.25, -0.2) is 4.79 Å². The molecule has 0 bridgehead atoms. The van der Waals surface area contributed by atoms with Crippen molar-refractivity contribution in [2.45, 2.75) is 26.9 Å². The SMILES string of the molecule is Cc1ccc(NC(=O)C(C)OC(=O)c2cccnc2)c(C)c1. The minimum Gasteiger partial charge on any atom is -0.449 e. The van der Waals surface area contributed by atoms with E-state index in [0.29, 0.717) is 11.3 Å². The Kier molecular flexibility index (Phi) is 4.88. The molecule has 0 saturated carbocycles. The molecule has 5 nitrogen and oxygen atoms in total. The van der Waals surface area contributed by atoms with Crippen molar-refractivity contribution in [2.75, 3.05) is 5.32 Å². The number of carbonyl (C=O) groups excluding carboxylic acids is 2. The summed E-state index contributed by atoms with van der Waals surface area (Å²) in [5.74, 6) is -0.944. The Morgan fingerprint density at radius 1 is 1.23 bits per heavy atom. The zero-order valence-electron chi connectivity index (χ0n) is 12.8. The van der Waals surface area contributed by atoms with Crippen molar-refractivity contribution >= 4 is 17.6 Å². The van der Waals surface area contributed by atoms with Crippen LogP contribution in [0.3, 0.4) is 0 Å². The van der Waals surface area contributed by atoms with Crippen LogP contribution < -0.4 is 5.32 Å². The first-order valence-electron chi connectivity index (χ1n) is 6.96. The van der Waals surface area contributed by atoms with Crippen LogP contribution in [0.2, 0.25) is 0 Å². The summed E-state index contributed by atoms with van der Waals surface area (Å²) in [5, 5.41) is 2.76. The fraction of sp³-hybridized carbons (Fsp3) is 0.235. The highest BCUT2D eigenvalue weighted by Gasteiger charge is 2.19. The molecule has 1 amide bonds. The Hall–Kier alpha value is -2.69. The van der Waals surface area contributed by atoms with Gasteiger partial charge < -0.3 is 10.1 Å². The van der Waals surface area contributed by atoms with Gasteiger partial charge in [0.1, 0.15) is 0 Å². The number of esters is 1. The molecule has 22 heavy (non-hydrogen) atoms. The summed E-state index contributed by atoms with van der Waals surface area (Å²) < 4.78 is 5.14. The number of pyridine rings is 1. The number of amides is 1. The molecule has 0 aliphatic rings. The molecule has 0 saturated heterocycles. The first-order valence-corrected chi connectivity index (χ1v) is 6.96. The highest BCUT2D eigenvalue weighted by atomic mass is 16.5. The molecule has 1 heterocycles. The number of nitrogens with one attached hydrogen (secondary N) is 1. The van der Waals surface area contributed by atoms with E-state index in [0.717, 1.165) is 11.1 Å². The number of benzene rings is 1. The molecule has 2 rings (SSSR count). The lowest BCUT2D eigenvalue weighted by Crippen LogP contribution is -2.30. The third-order valence-corrected chi connectivity index (χ3v) is 3.19. The van der Waals surface area contributed by atoms with Crippen LogP contribution in [0.15, 0.2) is 42.7 Å². The molecule has 0 aliphatic heterocycles. The molecule has 0 radical (unpaired) electrons. The molecule has 1 aromatic heterocycles. The number of hydrogen-bond donors (Lipinski definition) is 1. The van der Waals surface area contributed by atoms with Crippen LogP contribution >= 0.6 is 0 Å². The van der Waals surface area contributed by atoms with Gasteiger partial charge in [0, 0.05) is 18.1 Å². The van der Waals surface area contributed by atoms with E-state index in [2.05, 4.69) is 10.3 Å². The van der Waals surface area contributed by atoms with Crippen LogP contribution in [-0.2, 0) is 9.53 Å². The van der Waals surface area contributed by atoms with Gasteiger partial charge in [0.15, 0.2) is 6.10 Å². The van der Waals surface area contributed by atoms with E-state index in [1.54, 1.807) is 18.3 Å². The second-order valence-electron chi connectivity index (χ2n) is 5.10. The first-order chi connectivity index (χ1) is 10.5. The van der Waals surface area contributed by atoms with Crippen LogP contribution in [0.4, 0.5) is 5.69 Å². The van der Waals surface area contributed by atoms with Crippen molar-refractivity contribution < 1.29 is 14.3 Å². The fourth-order valence-electron chi connectivity index (χ4n) is 1.95. The minimum absolute atomic E-state index is 0.314. The van der Waals surface area contributed by atoms with Crippen molar-refractivity contribution in [3.63, 3.8) is 0 Å². The Morgan fingerprint density at radius 2 is 2.00 bits per heavy atom. The van der Waals surface area contributed by atoms with E-state index in [1.165, 1.54) is 13.1 Å². The molecule has 5 heteroatoms. The number of carbonyl (C=O) groups is 2. The second kappa shape index (κ2) is 6.85. The number of nitrogens with zero attached hydrogens (tertiary/aromatic N) is 1. The number of ether oxygens (including phenoxy) is 1. The van der Waals surface area contributed by atoms with Crippen molar-refractivity contribution in [2.24, 2.45) is 0 Å². The highest BCUT2D eigenvalue weighted by molar-refractivity contribution is 5.97. The van der Waals surface area contributed by atoms with Crippen molar-refractivity contribution in [1.82, 2.24) is 4.98 Å². The van der Waals surface area contributed by atoms with Crippen LogP contribution in [0.25, 0.3) is 0 Å². The summed E-state index contributed by atoms with van der Waals surface area (Å²) in [5.41, 5.74) is 3.10. The van der Waals surface area contributed by atoms with E-state index in [9.17, 15) is 9.59 Å². The molecule has 1 atom stereocenters. The summed E-state index contributed by atoms with van der Waals surface area (Å²) in [7, 11) is 0. The zero-order chi connectivity index (χ0) is 16.1. The summed E-state index contributed by atoms with van der Waals surface area (Å²) in [6.07, 6.45) is 2.07. The van der Waals surface area contributed by atoms with Gasteiger partial charge in [-0.15, -0.1) is 0 Å². The molecule has 114 valence electrons. The number of aryl methyl sites for hydroxylation is 2. The Bertz CT molecular complexity index is 684. The molecule has 0 aliphatic carbocycles. The van der Waals surface area contributed by atoms with Gasteiger partial charge in [0.05, 0.1) is 5.56 Å². The smallest absolute Gasteiger partial charge is 0.340 e. The van der Waals surface area contributed by atoms with Crippen LogP contribution in [-0.4, -0.2) is 23.0 Å². The topological polar surface area (TPSA) is 68.3 Å². The van der Waals surface area contributed by atoms with Crippen molar-refractivity contribution in [3.05, 3.63) is 59.4 Å². The Labute approximate surface area is 129 Å². The highest BCUT2D eigenvalue weighted by Crippen LogP contribution is 2.16. The van der Waals surface area contributed by atoms with Gasteiger partial charge in [-0.3, -0.25) is 9.78 Å². The van der Waals surface area contributed by atoms with Gasteiger partial charge in [0.25, 0.3) is 5.91 Å². The maximum atomic E-state index is 12.1. The molecular formula is C17H18N2O3. The van der Waals surface area contributed by atoms with E-state index in [-0.39, 0.29) is 5.91 Å². The molecule has 2 aromatic rings. The van der Waals surface area contributed by atoms with E-state index >= 15 is 0 Å². The number of hydrogen-bond acceptors (Lipinski definition) is 4. The predicted octanol–water partition coefficient (Wildman–Crippen LogP) is 2.88. The first kappa shape index (κ1) is 15.7. The second-order valence-corrected chi connectivity index (χ2v) is 5.10. The lowest BCUT2D eigenvalue weighted by molar-refractivity contribution is -0.123. The van der Waals surface area contributed by atoms with Crippen molar-refractivity contribution in [1.29, 1.82) is 0 Å². The largest absolute Gasteiger partial charge is 0.449 e. The molecule has 0 fully saturated rings. The van der Waals surface area contributed by atoms with Gasteiger partial charge >= 0.3 is 5.97 Å². The lowest BCUT2D eigenvalue weighted by atomic mass is 10.1. The maximum absolute atomic E-state index is 12.1. The van der Waals surface area contributed by atoms with Gasteiger partial charge in [-0.2, -0.15) is 0 Å². The van der Waals surface area contributed by atoms with E-state index < -0.39 is 12.1 Å². The lowest BCUT2D eigenvalue weighted by Gasteiger charge is -2.15. The molecule has 1 N–H and O–H groups in total. The summed E-state index contributed by atoms with van der Waals surface area (Å²) in [4.78, 5) is 27.8.